The predicted octanol–water partition coefficient (Wildman–Crippen LogP) is 2.80. The zero-order valence-electron chi connectivity index (χ0n) is 14.0. The van der Waals surface area contributed by atoms with Crippen LogP contribution in [-0.2, 0) is 4.79 Å². The van der Waals surface area contributed by atoms with Gasteiger partial charge in [0.2, 0.25) is 0 Å². The van der Waals surface area contributed by atoms with Gasteiger partial charge < -0.3 is 20.1 Å². The smallest absolute Gasteiger partial charge is 0.394 e. The van der Waals surface area contributed by atoms with Crippen LogP contribution in [0.15, 0.2) is 18.2 Å². The number of nitrogens with one attached hydrogen (secondary N) is 1. The van der Waals surface area contributed by atoms with E-state index in [2.05, 4.69) is 5.32 Å². The molecule has 0 bridgehead atoms. The minimum Gasteiger partial charge on any atom is -0.496 e. The standard InChI is InChI=1S/C16H18F4N2O4/c1-8(13-11(17)4-3-5-12(13)26-2)21-15(25)22-6-9(14(23)24)10(7-22)16(18,19)20/h3-5,8-10H,6-7H2,1-2H3,(H,21,25)(H,23,24)/t8?,9-,10-/m1/s1. The fourth-order valence-corrected chi connectivity index (χ4v) is 3.02. The molecule has 1 aromatic rings. The van der Waals surface area contributed by atoms with Crippen molar-refractivity contribution in [3.63, 3.8) is 0 Å². The summed E-state index contributed by atoms with van der Waals surface area (Å²) >= 11 is 0. The van der Waals surface area contributed by atoms with Crippen LogP contribution >= 0.6 is 0 Å². The highest BCUT2D eigenvalue weighted by atomic mass is 19.4. The van der Waals surface area contributed by atoms with E-state index in [1.165, 1.54) is 26.2 Å². The molecule has 3 atom stereocenters. The molecular formula is C16H18F4N2O4. The van der Waals surface area contributed by atoms with Gasteiger partial charge in [0.25, 0.3) is 0 Å². The first kappa shape index (κ1) is 19.8. The Balaban J connectivity index is 2.14. The number of urea groups is 1. The quantitative estimate of drug-likeness (QED) is 0.790. The van der Waals surface area contributed by atoms with E-state index in [0.717, 1.165) is 11.0 Å². The fraction of sp³-hybridized carbons (Fsp3) is 0.500. The summed E-state index contributed by atoms with van der Waals surface area (Å²) in [4.78, 5) is 24.1. The molecule has 2 amide bonds. The van der Waals surface area contributed by atoms with E-state index < -0.39 is 55.0 Å². The van der Waals surface area contributed by atoms with Crippen LogP contribution in [0, 0.1) is 17.7 Å². The van der Waals surface area contributed by atoms with Gasteiger partial charge in [-0.3, -0.25) is 4.79 Å². The number of carbonyl (C=O) groups is 2. The van der Waals surface area contributed by atoms with Gasteiger partial charge in [-0.25, -0.2) is 9.18 Å². The second kappa shape index (κ2) is 7.38. The first-order valence-electron chi connectivity index (χ1n) is 7.73. The predicted molar refractivity (Wildman–Crippen MR) is 82.1 cm³/mol. The highest BCUT2D eigenvalue weighted by Crippen LogP contribution is 2.38. The maximum atomic E-state index is 14.0. The Kier molecular flexibility index (Phi) is 5.62. The lowest BCUT2D eigenvalue weighted by Crippen LogP contribution is -2.40. The number of amides is 2. The summed E-state index contributed by atoms with van der Waals surface area (Å²) in [6.45, 7) is 0.102. The molecule has 0 aromatic heterocycles. The minimum atomic E-state index is -4.74. The second-order valence-electron chi connectivity index (χ2n) is 6.02. The molecule has 144 valence electrons. The summed E-state index contributed by atoms with van der Waals surface area (Å²) in [5, 5.41) is 11.4. The minimum absolute atomic E-state index is 0.0460. The Morgan fingerprint density at radius 1 is 1.35 bits per heavy atom. The van der Waals surface area contributed by atoms with Crippen LogP contribution < -0.4 is 10.1 Å². The van der Waals surface area contributed by atoms with Crippen LogP contribution in [0.5, 0.6) is 5.75 Å². The summed E-state index contributed by atoms with van der Waals surface area (Å²) in [6, 6.07) is 2.26. The lowest BCUT2D eigenvalue weighted by atomic mass is 9.96. The zero-order valence-corrected chi connectivity index (χ0v) is 14.0. The molecule has 0 aliphatic carbocycles. The molecule has 1 fully saturated rings. The van der Waals surface area contributed by atoms with Gasteiger partial charge in [-0.15, -0.1) is 0 Å². The van der Waals surface area contributed by atoms with E-state index in [9.17, 15) is 27.2 Å². The number of ether oxygens (including phenoxy) is 1. The molecule has 10 heteroatoms. The fourth-order valence-electron chi connectivity index (χ4n) is 3.02. The van der Waals surface area contributed by atoms with Crippen LogP contribution in [0.25, 0.3) is 0 Å². The summed E-state index contributed by atoms with van der Waals surface area (Å²) in [5.41, 5.74) is 0.0460. The van der Waals surface area contributed by atoms with Crippen LogP contribution in [0.3, 0.4) is 0 Å². The van der Waals surface area contributed by atoms with Crippen molar-refractivity contribution in [2.75, 3.05) is 20.2 Å². The van der Waals surface area contributed by atoms with E-state index >= 15 is 0 Å². The van der Waals surface area contributed by atoms with Crippen molar-refractivity contribution < 1.29 is 37.0 Å². The number of hydrogen-bond acceptors (Lipinski definition) is 3. The largest absolute Gasteiger partial charge is 0.496 e. The number of alkyl halides is 3. The van der Waals surface area contributed by atoms with E-state index in [1.807, 2.05) is 0 Å². The third-order valence-electron chi connectivity index (χ3n) is 4.35. The van der Waals surface area contributed by atoms with E-state index in [4.69, 9.17) is 9.84 Å². The number of carboxylic acids is 1. The average molecular weight is 378 g/mol. The van der Waals surface area contributed by atoms with Crippen molar-refractivity contribution in [2.45, 2.75) is 19.1 Å². The second-order valence-corrected chi connectivity index (χ2v) is 6.02. The summed E-state index contributed by atoms with van der Waals surface area (Å²) in [7, 11) is 1.32. The molecule has 6 nitrogen and oxygen atoms in total. The third-order valence-corrected chi connectivity index (χ3v) is 4.35. The molecule has 0 spiro atoms. The molecule has 1 saturated heterocycles. The van der Waals surface area contributed by atoms with Crippen LogP contribution in [0.2, 0.25) is 0 Å². The molecule has 2 rings (SSSR count). The Labute approximate surface area is 146 Å². The summed E-state index contributed by atoms with van der Waals surface area (Å²) in [6.07, 6.45) is -4.74. The molecule has 1 aliphatic rings. The van der Waals surface area contributed by atoms with Crippen molar-refractivity contribution in [3.05, 3.63) is 29.6 Å². The van der Waals surface area contributed by atoms with Crippen molar-refractivity contribution in [2.24, 2.45) is 11.8 Å². The van der Waals surface area contributed by atoms with Crippen LogP contribution in [-0.4, -0.2) is 48.4 Å². The highest BCUT2D eigenvalue weighted by Gasteiger charge is 2.53. The average Bonchev–Trinajstić information content (AvgIpc) is 3.00. The van der Waals surface area contributed by atoms with Crippen LogP contribution in [0.4, 0.5) is 22.4 Å². The summed E-state index contributed by atoms with van der Waals surface area (Å²) < 4.78 is 58.1. The topological polar surface area (TPSA) is 78.9 Å². The number of nitrogens with zero attached hydrogens (tertiary/aromatic N) is 1. The number of aliphatic carboxylic acids is 1. The van der Waals surface area contributed by atoms with Gasteiger partial charge in [-0.1, -0.05) is 6.07 Å². The Morgan fingerprint density at radius 2 is 2.00 bits per heavy atom. The van der Waals surface area contributed by atoms with Crippen molar-refractivity contribution >= 4 is 12.0 Å². The molecule has 1 aliphatic heterocycles. The molecule has 26 heavy (non-hydrogen) atoms. The van der Waals surface area contributed by atoms with E-state index in [0.29, 0.717) is 0 Å². The molecule has 1 heterocycles. The number of hydrogen-bond donors (Lipinski definition) is 2. The molecule has 0 saturated carbocycles. The van der Waals surface area contributed by atoms with E-state index in [-0.39, 0.29) is 11.3 Å². The number of benzene rings is 1. The van der Waals surface area contributed by atoms with Crippen molar-refractivity contribution in [1.82, 2.24) is 10.2 Å². The first-order chi connectivity index (χ1) is 12.1. The molecular weight excluding hydrogens is 360 g/mol. The van der Waals surface area contributed by atoms with Crippen LogP contribution in [0.1, 0.15) is 18.5 Å². The molecule has 2 N–H and O–H groups in total. The zero-order chi connectivity index (χ0) is 19.6. The van der Waals surface area contributed by atoms with Crippen molar-refractivity contribution in [3.8, 4) is 5.75 Å². The van der Waals surface area contributed by atoms with Gasteiger partial charge in [0.15, 0.2) is 0 Å². The number of likely N-dealkylation sites (tertiary alicyclic amines) is 1. The van der Waals surface area contributed by atoms with Gasteiger partial charge >= 0.3 is 18.2 Å². The van der Waals surface area contributed by atoms with Gasteiger partial charge in [0, 0.05) is 13.1 Å². The Hall–Kier alpha value is -2.52. The Bertz CT molecular complexity index is 695. The van der Waals surface area contributed by atoms with Gasteiger partial charge in [0.05, 0.1) is 30.6 Å². The van der Waals surface area contributed by atoms with E-state index in [1.54, 1.807) is 0 Å². The number of methoxy groups -OCH3 is 1. The number of carbonyl (C=O) groups excluding carboxylic acids is 1. The summed E-state index contributed by atoms with van der Waals surface area (Å²) in [5.74, 6) is -5.97. The van der Waals surface area contributed by atoms with Gasteiger partial charge in [-0.2, -0.15) is 13.2 Å². The maximum absolute atomic E-state index is 14.0. The lowest BCUT2D eigenvalue weighted by Gasteiger charge is -2.23. The van der Waals surface area contributed by atoms with Crippen molar-refractivity contribution in [1.29, 1.82) is 0 Å². The SMILES string of the molecule is COc1cccc(F)c1C(C)NC(=O)N1C[C@@H](C(F)(F)F)[C@H](C(=O)O)C1. The highest BCUT2D eigenvalue weighted by molar-refractivity contribution is 5.78. The number of halogens is 4. The monoisotopic (exact) mass is 378 g/mol. The first-order valence-corrected chi connectivity index (χ1v) is 7.73. The number of rotatable bonds is 4. The molecule has 0 radical (unpaired) electrons. The lowest BCUT2D eigenvalue weighted by molar-refractivity contribution is -0.187. The maximum Gasteiger partial charge on any atom is 0.394 e. The molecule has 1 aromatic carbocycles. The normalized spacial score (nSPS) is 21.4. The third kappa shape index (κ3) is 4.00. The number of carboxylic acid groups (broad SMARTS) is 1. The van der Waals surface area contributed by atoms with Gasteiger partial charge in [0.1, 0.15) is 11.6 Å². The Morgan fingerprint density at radius 3 is 2.50 bits per heavy atom. The van der Waals surface area contributed by atoms with Gasteiger partial charge in [-0.05, 0) is 19.1 Å². The molecule has 1 unspecified atom stereocenters.